The van der Waals surface area contributed by atoms with Gasteiger partial charge in [0.2, 0.25) is 0 Å². The van der Waals surface area contributed by atoms with E-state index in [0.717, 1.165) is 22.9 Å². The lowest BCUT2D eigenvalue weighted by atomic mass is 10.0. The first-order valence-electron chi connectivity index (χ1n) is 4.89. The second-order valence-corrected chi connectivity index (χ2v) is 4.34. The van der Waals surface area contributed by atoms with Crippen molar-refractivity contribution in [3.05, 3.63) is 22.2 Å². The summed E-state index contributed by atoms with van der Waals surface area (Å²) in [6.07, 6.45) is 1.66. The van der Waals surface area contributed by atoms with Crippen LogP contribution in [0, 0.1) is 0 Å². The molecule has 0 amide bonds. The Kier molecular flexibility index (Phi) is 4.42. The molecule has 1 atom stereocenters. The summed E-state index contributed by atoms with van der Waals surface area (Å²) in [5.74, 6) is 0.620. The fourth-order valence-electron chi connectivity index (χ4n) is 1.33. The lowest BCUT2D eigenvalue weighted by Gasteiger charge is -2.12. The van der Waals surface area contributed by atoms with Crippen LogP contribution in [0.2, 0.25) is 0 Å². The van der Waals surface area contributed by atoms with Crippen LogP contribution in [0.1, 0.15) is 18.9 Å². The third-order valence-electron chi connectivity index (χ3n) is 2.35. The quantitative estimate of drug-likeness (QED) is 0.886. The molecule has 0 aliphatic heterocycles. The molecule has 3 N–H and O–H groups in total. The van der Waals surface area contributed by atoms with Gasteiger partial charge in [0.1, 0.15) is 0 Å². The molecule has 1 aromatic carbocycles. The number of rotatable bonds is 4. The maximum Gasteiger partial charge on any atom is 0.161 e. The van der Waals surface area contributed by atoms with E-state index in [-0.39, 0.29) is 11.8 Å². The van der Waals surface area contributed by atoms with Crippen LogP contribution < -0.4 is 10.5 Å². The highest BCUT2D eigenvalue weighted by atomic mass is 79.9. The van der Waals surface area contributed by atoms with Gasteiger partial charge >= 0.3 is 0 Å². The number of aromatic hydroxyl groups is 1. The Morgan fingerprint density at radius 1 is 1.53 bits per heavy atom. The van der Waals surface area contributed by atoms with Crippen molar-refractivity contribution in [1.29, 1.82) is 0 Å². The Bertz CT molecular complexity index is 342. The van der Waals surface area contributed by atoms with Crippen molar-refractivity contribution in [2.75, 3.05) is 7.11 Å². The Morgan fingerprint density at radius 3 is 2.73 bits per heavy atom. The van der Waals surface area contributed by atoms with E-state index < -0.39 is 0 Å². The van der Waals surface area contributed by atoms with Gasteiger partial charge in [-0.15, -0.1) is 0 Å². The average Bonchev–Trinajstić information content (AvgIpc) is 2.22. The molecule has 0 saturated heterocycles. The monoisotopic (exact) mass is 273 g/mol. The van der Waals surface area contributed by atoms with Crippen molar-refractivity contribution in [2.24, 2.45) is 5.73 Å². The first-order chi connectivity index (χ1) is 7.08. The van der Waals surface area contributed by atoms with Crippen molar-refractivity contribution in [1.82, 2.24) is 0 Å². The average molecular weight is 274 g/mol. The molecule has 0 aliphatic carbocycles. The predicted molar refractivity (Wildman–Crippen MR) is 64.3 cm³/mol. The number of hydrogen-bond donors (Lipinski definition) is 2. The molecule has 0 aliphatic rings. The summed E-state index contributed by atoms with van der Waals surface area (Å²) in [5, 5.41) is 9.61. The molecule has 1 rings (SSSR count). The predicted octanol–water partition coefficient (Wildman–Crippen LogP) is 2.44. The molecule has 0 fully saturated rings. The van der Waals surface area contributed by atoms with Crippen molar-refractivity contribution < 1.29 is 9.84 Å². The largest absolute Gasteiger partial charge is 0.504 e. The molecule has 0 radical (unpaired) electrons. The Morgan fingerprint density at radius 2 is 2.20 bits per heavy atom. The lowest BCUT2D eigenvalue weighted by molar-refractivity contribution is 0.372. The van der Waals surface area contributed by atoms with E-state index in [1.165, 1.54) is 7.11 Å². The summed E-state index contributed by atoms with van der Waals surface area (Å²) in [4.78, 5) is 0. The van der Waals surface area contributed by atoms with Crippen LogP contribution in [0.25, 0.3) is 0 Å². The van der Waals surface area contributed by atoms with E-state index >= 15 is 0 Å². The van der Waals surface area contributed by atoms with E-state index in [9.17, 15) is 5.11 Å². The lowest BCUT2D eigenvalue weighted by Crippen LogP contribution is -2.21. The molecule has 1 unspecified atom stereocenters. The number of phenolic OH excluding ortho intramolecular Hbond substituents is 1. The van der Waals surface area contributed by atoms with Gasteiger partial charge in [0.15, 0.2) is 11.5 Å². The zero-order valence-corrected chi connectivity index (χ0v) is 10.5. The van der Waals surface area contributed by atoms with Crippen LogP contribution in [0.3, 0.4) is 0 Å². The molecule has 0 spiro atoms. The first kappa shape index (κ1) is 12.3. The highest BCUT2D eigenvalue weighted by Crippen LogP contribution is 2.32. The summed E-state index contributed by atoms with van der Waals surface area (Å²) in [7, 11) is 1.53. The SMILES string of the molecule is CCC(N)Cc1cc(O)c(OC)cc1Br. The van der Waals surface area contributed by atoms with Crippen LogP contribution in [0.5, 0.6) is 11.5 Å². The third-order valence-corrected chi connectivity index (χ3v) is 3.09. The van der Waals surface area contributed by atoms with Crippen LogP contribution >= 0.6 is 15.9 Å². The zero-order valence-electron chi connectivity index (χ0n) is 8.96. The zero-order chi connectivity index (χ0) is 11.4. The van der Waals surface area contributed by atoms with Gasteiger partial charge in [0.25, 0.3) is 0 Å². The molecule has 84 valence electrons. The number of ether oxygens (including phenoxy) is 1. The van der Waals surface area contributed by atoms with E-state index in [4.69, 9.17) is 10.5 Å². The van der Waals surface area contributed by atoms with Crippen LogP contribution in [0.15, 0.2) is 16.6 Å². The fourth-order valence-corrected chi connectivity index (χ4v) is 1.82. The van der Waals surface area contributed by atoms with Crippen LogP contribution in [-0.2, 0) is 6.42 Å². The number of halogens is 1. The Hall–Kier alpha value is -0.740. The van der Waals surface area contributed by atoms with Crippen LogP contribution in [0.4, 0.5) is 0 Å². The van der Waals surface area contributed by atoms with Crippen molar-refractivity contribution in [3.63, 3.8) is 0 Å². The van der Waals surface area contributed by atoms with E-state index in [1.807, 2.05) is 6.92 Å². The van der Waals surface area contributed by atoms with Gasteiger partial charge < -0.3 is 15.6 Å². The second kappa shape index (κ2) is 5.37. The summed E-state index contributed by atoms with van der Waals surface area (Å²) in [5.41, 5.74) is 6.86. The maximum atomic E-state index is 9.61. The summed E-state index contributed by atoms with van der Waals surface area (Å²) in [6.45, 7) is 2.04. The number of phenols is 1. The number of hydrogen-bond acceptors (Lipinski definition) is 3. The third kappa shape index (κ3) is 3.11. The van der Waals surface area contributed by atoms with Crippen LogP contribution in [-0.4, -0.2) is 18.3 Å². The molecule has 15 heavy (non-hydrogen) atoms. The maximum absolute atomic E-state index is 9.61. The van der Waals surface area contributed by atoms with E-state index in [1.54, 1.807) is 12.1 Å². The molecule has 0 bridgehead atoms. The van der Waals surface area contributed by atoms with Gasteiger partial charge in [-0.1, -0.05) is 22.9 Å². The van der Waals surface area contributed by atoms with Gasteiger partial charge in [-0.2, -0.15) is 0 Å². The van der Waals surface area contributed by atoms with E-state index in [2.05, 4.69) is 15.9 Å². The standard InChI is InChI=1S/C11H16BrNO2/c1-3-8(13)4-7-5-10(14)11(15-2)6-9(7)12/h5-6,8,14H,3-4,13H2,1-2H3. The molecule has 0 saturated carbocycles. The molecule has 1 aromatic rings. The highest BCUT2D eigenvalue weighted by Gasteiger charge is 2.10. The van der Waals surface area contributed by atoms with Gasteiger partial charge in [-0.3, -0.25) is 0 Å². The normalized spacial score (nSPS) is 12.5. The van der Waals surface area contributed by atoms with Gasteiger partial charge in [0.05, 0.1) is 7.11 Å². The Balaban J connectivity index is 2.95. The minimum Gasteiger partial charge on any atom is -0.504 e. The topological polar surface area (TPSA) is 55.5 Å². The second-order valence-electron chi connectivity index (χ2n) is 3.49. The number of methoxy groups -OCH3 is 1. The van der Waals surface area contributed by atoms with Gasteiger partial charge in [-0.05, 0) is 30.5 Å². The van der Waals surface area contributed by atoms with Crippen molar-refractivity contribution in [2.45, 2.75) is 25.8 Å². The minimum atomic E-state index is 0.120. The van der Waals surface area contributed by atoms with Crippen molar-refractivity contribution >= 4 is 15.9 Å². The molecular formula is C11H16BrNO2. The summed E-state index contributed by atoms with van der Waals surface area (Å²) < 4.78 is 5.92. The van der Waals surface area contributed by atoms with Gasteiger partial charge in [0, 0.05) is 10.5 Å². The minimum absolute atomic E-state index is 0.120. The van der Waals surface area contributed by atoms with Crippen molar-refractivity contribution in [3.8, 4) is 11.5 Å². The molecule has 4 heteroatoms. The molecule has 0 heterocycles. The highest BCUT2D eigenvalue weighted by molar-refractivity contribution is 9.10. The molecule has 3 nitrogen and oxygen atoms in total. The number of benzene rings is 1. The smallest absolute Gasteiger partial charge is 0.161 e. The Labute approximate surface area is 98.4 Å². The van der Waals surface area contributed by atoms with Gasteiger partial charge in [-0.25, -0.2) is 0 Å². The molecule has 0 aromatic heterocycles. The first-order valence-corrected chi connectivity index (χ1v) is 5.68. The summed E-state index contributed by atoms with van der Waals surface area (Å²) in [6, 6.07) is 3.57. The molecular weight excluding hydrogens is 258 g/mol. The summed E-state index contributed by atoms with van der Waals surface area (Å²) >= 11 is 3.43. The number of nitrogens with two attached hydrogens (primary N) is 1. The fraction of sp³-hybridized carbons (Fsp3) is 0.455. The van der Waals surface area contributed by atoms with E-state index in [0.29, 0.717) is 5.75 Å².